The lowest BCUT2D eigenvalue weighted by Crippen LogP contribution is -2.27. The summed E-state index contributed by atoms with van der Waals surface area (Å²) in [6, 6.07) is 10.7. The minimum atomic E-state index is -0.426. The molecule has 6 heteroatoms. The van der Waals surface area contributed by atoms with Gasteiger partial charge in [0.2, 0.25) is 0 Å². The molecule has 0 saturated carbocycles. The van der Waals surface area contributed by atoms with Gasteiger partial charge in [-0.15, -0.1) is 0 Å². The molecule has 0 atom stereocenters. The third-order valence-corrected chi connectivity index (χ3v) is 3.60. The first kappa shape index (κ1) is 19.4. The monoisotopic (exact) mass is 358 g/mol. The number of hydrogen-bond donors (Lipinski definition) is 2. The summed E-state index contributed by atoms with van der Waals surface area (Å²) in [5, 5.41) is 5.57. The van der Waals surface area contributed by atoms with Crippen molar-refractivity contribution < 1.29 is 18.7 Å². The van der Waals surface area contributed by atoms with Crippen molar-refractivity contribution in [3.63, 3.8) is 0 Å². The van der Waals surface area contributed by atoms with Gasteiger partial charge in [-0.2, -0.15) is 0 Å². The fraction of sp³-hybridized carbons (Fsp3) is 0.300. The zero-order valence-electron chi connectivity index (χ0n) is 15.1. The SMILES string of the molecule is Cc1cc(C(=O)NCC(C)C)ccc1NC(=O)COc1cccc(F)c1. The molecule has 0 spiro atoms. The molecule has 26 heavy (non-hydrogen) atoms. The highest BCUT2D eigenvalue weighted by molar-refractivity contribution is 5.96. The number of aryl methyl sites for hydroxylation is 1. The maximum Gasteiger partial charge on any atom is 0.262 e. The van der Waals surface area contributed by atoms with Crippen molar-refractivity contribution >= 4 is 17.5 Å². The second-order valence-corrected chi connectivity index (χ2v) is 6.43. The molecule has 0 heterocycles. The van der Waals surface area contributed by atoms with Crippen molar-refractivity contribution in [1.82, 2.24) is 5.32 Å². The number of anilines is 1. The molecular weight excluding hydrogens is 335 g/mol. The topological polar surface area (TPSA) is 67.4 Å². The quantitative estimate of drug-likeness (QED) is 0.796. The lowest BCUT2D eigenvalue weighted by Gasteiger charge is -2.12. The van der Waals surface area contributed by atoms with Gasteiger partial charge in [0.15, 0.2) is 6.61 Å². The molecule has 0 aliphatic heterocycles. The Balaban J connectivity index is 1.92. The van der Waals surface area contributed by atoms with Gasteiger partial charge in [-0.05, 0) is 48.7 Å². The van der Waals surface area contributed by atoms with Crippen molar-refractivity contribution in [2.75, 3.05) is 18.5 Å². The zero-order valence-corrected chi connectivity index (χ0v) is 15.1. The number of amides is 2. The van der Waals surface area contributed by atoms with Gasteiger partial charge in [0.1, 0.15) is 11.6 Å². The largest absolute Gasteiger partial charge is 0.484 e. The van der Waals surface area contributed by atoms with Crippen LogP contribution in [0.1, 0.15) is 29.8 Å². The van der Waals surface area contributed by atoms with E-state index in [1.54, 1.807) is 24.3 Å². The van der Waals surface area contributed by atoms with E-state index in [1.807, 2.05) is 20.8 Å². The van der Waals surface area contributed by atoms with E-state index >= 15 is 0 Å². The predicted octanol–water partition coefficient (Wildman–Crippen LogP) is 3.54. The fourth-order valence-electron chi connectivity index (χ4n) is 2.24. The first-order valence-electron chi connectivity index (χ1n) is 8.42. The predicted molar refractivity (Wildman–Crippen MR) is 98.9 cm³/mol. The van der Waals surface area contributed by atoms with Crippen LogP contribution < -0.4 is 15.4 Å². The summed E-state index contributed by atoms with van der Waals surface area (Å²) < 4.78 is 18.3. The Morgan fingerprint density at radius 1 is 1.15 bits per heavy atom. The molecule has 0 saturated heterocycles. The number of benzene rings is 2. The van der Waals surface area contributed by atoms with Gasteiger partial charge in [0, 0.05) is 23.9 Å². The summed E-state index contributed by atoms with van der Waals surface area (Å²) in [4.78, 5) is 24.1. The van der Waals surface area contributed by atoms with Gasteiger partial charge in [0.25, 0.3) is 11.8 Å². The Bertz CT molecular complexity index is 790. The van der Waals surface area contributed by atoms with Gasteiger partial charge in [-0.3, -0.25) is 9.59 Å². The zero-order chi connectivity index (χ0) is 19.1. The molecule has 138 valence electrons. The minimum Gasteiger partial charge on any atom is -0.484 e. The van der Waals surface area contributed by atoms with Crippen LogP contribution in [0.5, 0.6) is 5.75 Å². The molecule has 0 aliphatic carbocycles. The third kappa shape index (κ3) is 5.88. The number of carbonyl (C=O) groups excluding carboxylic acids is 2. The Labute approximate surface area is 152 Å². The highest BCUT2D eigenvalue weighted by Crippen LogP contribution is 2.17. The number of rotatable bonds is 7. The van der Waals surface area contributed by atoms with Crippen molar-refractivity contribution in [1.29, 1.82) is 0 Å². The normalized spacial score (nSPS) is 10.5. The van der Waals surface area contributed by atoms with E-state index in [-0.39, 0.29) is 24.2 Å². The molecule has 0 unspecified atom stereocenters. The summed E-state index contributed by atoms with van der Waals surface area (Å²) in [6.07, 6.45) is 0. The lowest BCUT2D eigenvalue weighted by atomic mass is 10.1. The van der Waals surface area contributed by atoms with Crippen LogP contribution in [0.25, 0.3) is 0 Å². The summed E-state index contributed by atoms with van der Waals surface area (Å²) in [7, 11) is 0. The molecule has 0 radical (unpaired) electrons. The average molecular weight is 358 g/mol. The summed E-state index contributed by atoms with van der Waals surface area (Å²) in [6.45, 7) is 6.22. The molecule has 2 aromatic rings. The second kappa shape index (κ2) is 8.99. The fourth-order valence-corrected chi connectivity index (χ4v) is 2.24. The van der Waals surface area contributed by atoms with E-state index in [2.05, 4.69) is 10.6 Å². The van der Waals surface area contributed by atoms with E-state index in [4.69, 9.17) is 4.74 Å². The number of halogens is 1. The van der Waals surface area contributed by atoms with E-state index < -0.39 is 5.82 Å². The number of ether oxygens (including phenoxy) is 1. The van der Waals surface area contributed by atoms with Crippen LogP contribution in [-0.2, 0) is 4.79 Å². The van der Waals surface area contributed by atoms with Crippen LogP contribution >= 0.6 is 0 Å². The van der Waals surface area contributed by atoms with E-state index in [9.17, 15) is 14.0 Å². The Morgan fingerprint density at radius 2 is 1.92 bits per heavy atom. The summed E-state index contributed by atoms with van der Waals surface area (Å²) >= 11 is 0. The maximum atomic E-state index is 13.1. The molecule has 2 aromatic carbocycles. The smallest absolute Gasteiger partial charge is 0.262 e. The Kier molecular flexibility index (Phi) is 6.72. The van der Waals surface area contributed by atoms with Crippen LogP contribution in [0.4, 0.5) is 10.1 Å². The first-order chi connectivity index (χ1) is 12.3. The van der Waals surface area contributed by atoms with Crippen LogP contribution in [-0.4, -0.2) is 25.0 Å². The molecule has 0 aliphatic rings. The van der Waals surface area contributed by atoms with E-state index in [0.717, 1.165) is 5.56 Å². The van der Waals surface area contributed by atoms with Gasteiger partial charge < -0.3 is 15.4 Å². The van der Waals surface area contributed by atoms with E-state index in [1.165, 1.54) is 18.2 Å². The Morgan fingerprint density at radius 3 is 2.58 bits per heavy atom. The van der Waals surface area contributed by atoms with Gasteiger partial charge in [0.05, 0.1) is 0 Å². The van der Waals surface area contributed by atoms with Crippen LogP contribution in [0.15, 0.2) is 42.5 Å². The highest BCUT2D eigenvalue weighted by Gasteiger charge is 2.10. The standard InChI is InChI=1S/C20H23FN2O3/c1-13(2)11-22-20(25)15-7-8-18(14(3)9-15)23-19(24)12-26-17-6-4-5-16(21)10-17/h4-10,13H,11-12H2,1-3H3,(H,22,25)(H,23,24). The molecule has 2 N–H and O–H groups in total. The average Bonchev–Trinajstić information content (AvgIpc) is 2.59. The molecule has 2 amide bonds. The van der Waals surface area contributed by atoms with Crippen molar-refractivity contribution in [3.05, 3.63) is 59.4 Å². The molecule has 5 nitrogen and oxygen atoms in total. The van der Waals surface area contributed by atoms with Crippen molar-refractivity contribution in [2.45, 2.75) is 20.8 Å². The van der Waals surface area contributed by atoms with Crippen molar-refractivity contribution in [3.8, 4) is 5.75 Å². The van der Waals surface area contributed by atoms with Crippen LogP contribution in [0.2, 0.25) is 0 Å². The molecule has 0 bridgehead atoms. The highest BCUT2D eigenvalue weighted by atomic mass is 19.1. The van der Waals surface area contributed by atoms with Crippen LogP contribution in [0, 0.1) is 18.7 Å². The minimum absolute atomic E-state index is 0.144. The second-order valence-electron chi connectivity index (χ2n) is 6.43. The molecular formula is C20H23FN2O3. The first-order valence-corrected chi connectivity index (χ1v) is 8.42. The number of carbonyl (C=O) groups is 2. The van der Waals surface area contributed by atoms with Gasteiger partial charge in [-0.1, -0.05) is 19.9 Å². The van der Waals surface area contributed by atoms with Crippen LogP contribution in [0.3, 0.4) is 0 Å². The summed E-state index contributed by atoms with van der Waals surface area (Å²) in [5.74, 6) is -0.278. The third-order valence-electron chi connectivity index (χ3n) is 3.60. The van der Waals surface area contributed by atoms with Gasteiger partial charge >= 0.3 is 0 Å². The van der Waals surface area contributed by atoms with Gasteiger partial charge in [-0.25, -0.2) is 4.39 Å². The molecule has 0 aromatic heterocycles. The summed E-state index contributed by atoms with van der Waals surface area (Å²) in [5.41, 5.74) is 1.90. The molecule has 0 fully saturated rings. The Hall–Kier alpha value is -2.89. The number of hydrogen-bond acceptors (Lipinski definition) is 3. The van der Waals surface area contributed by atoms with E-state index in [0.29, 0.717) is 23.7 Å². The number of nitrogens with one attached hydrogen (secondary N) is 2. The molecule has 2 rings (SSSR count). The van der Waals surface area contributed by atoms with Crippen molar-refractivity contribution in [2.24, 2.45) is 5.92 Å². The lowest BCUT2D eigenvalue weighted by molar-refractivity contribution is -0.118. The maximum absolute atomic E-state index is 13.1.